The third-order valence-corrected chi connectivity index (χ3v) is 3.66. The van der Waals surface area contributed by atoms with Gasteiger partial charge in [-0.25, -0.2) is 4.79 Å². The fourth-order valence-corrected chi connectivity index (χ4v) is 2.42. The number of anilines is 2. The highest BCUT2D eigenvalue weighted by Gasteiger charge is 2.28. The van der Waals surface area contributed by atoms with Crippen LogP contribution in [-0.4, -0.2) is 20.6 Å². The van der Waals surface area contributed by atoms with Gasteiger partial charge >= 0.3 is 6.03 Å². The molecule has 1 fully saturated rings. The Morgan fingerprint density at radius 3 is 2.55 bits per heavy atom. The molecule has 2 amide bonds. The van der Waals surface area contributed by atoms with E-state index in [-0.39, 0.29) is 6.03 Å². The Labute approximate surface area is 127 Å². The van der Waals surface area contributed by atoms with Gasteiger partial charge in [-0.3, -0.25) is 4.40 Å². The van der Waals surface area contributed by atoms with E-state index in [1.165, 1.54) is 0 Å². The van der Waals surface area contributed by atoms with Crippen molar-refractivity contribution >= 4 is 23.1 Å². The lowest BCUT2D eigenvalue weighted by molar-refractivity contribution is 0.262. The van der Waals surface area contributed by atoms with Crippen molar-refractivity contribution in [1.82, 2.24) is 14.6 Å². The van der Waals surface area contributed by atoms with E-state index in [0.717, 1.165) is 30.0 Å². The topological polar surface area (TPSA) is 71.3 Å². The fourth-order valence-electron chi connectivity index (χ4n) is 2.42. The molecule has 1 saturated carbocycles. The molecule has 0 radical (unpaired) electrons. The number of hydrogen-bond acceptors (Lipinski definition) is 3. The van der Waals surface area contributed by atoms with Gasteiger partial charge in [0.15, 0.2) is 5.65 Å². The lowest BCUT2D eigenvalue weighted by atomic mass is 10.3. The van der Waals surface area contributed by atoms with Gasteiger partial charge < -0.3 is 10.6 Å². The molecule has 2 aromatic heterocycles. The van der Waals surface area contributed by atoms with Crippen molar-refractivity contribution in [3.63, 3.8) is 0 Å². The number of hydrogen-bond donors (Lipinski definition) is 2. The zero-order chi connectivity index (χ0) is 14.9. The van der Waals surface area contributed by atoms with Gasteiger partial charge in [-0.15, -0.1) is 10.2 Å². The summed E-state index contributed by atoms with van der Waals surface area (Å²) in [7, 11) is 0. The van der Waals surface area contributed by atoms with Crippen molar-refractivity contribution in [2.24, 2.45) is 0 Å². The zero-order valence-electron chi connectivity index (χ0n) is 11.9. The lowest BCUT2D eigenvalue weighted by Crippen LogP contribution is -2.19. The summed E-state index contributed by atoms with van der Waals surface area (Å²) in [6.45, 7) is 0. The number of para-hydroxylation sites is 1. The summed E-state index contributed by atoms with van der Waals surface area (Å²) in [5, 5.41) is 14.0. The van der Waals surface area contributed by atoms with Gasteiger partial charge in [-0.05, 0) is 37.1 Å². The second kappa shape index (κ2) is 5.14. The molecule has 4 rings (SSSR count). The second-order valence-electron chi connectivity index (χ2n) is 5.42. The molecular weight excluding hydrogens is 278 g/mol. The number of amides is 2. The third kappa shape index (κ3) is 2.50. The molecule has 0 unspecified atom stereocenters. The molecule has 0 aliphatic heterocycles. The molecule has 6 nitrogen and oxygen atoms in total. The summed E-state index contributed by atoms with van der Waals surface area (Å²) >= 11 is 0. The second-order valence-corrected chi connectivity index (χ2v) is 5.42. The van der Waals surface area contributed by atoms with Crippen LogP contribution in [0.5, 0.6) is 0 Å². The lowest BCUT2D eigenvalue weighted by Gasteiger charge is -2.08. The number of pyridine rings is 1. The number of nitrogens with one attached hydrogen (secondary N) is 2. The first-order chi connectivity index (χ1) is 10.8. The van der Waals surface area contributed by atoms with Gasteiger partial charge in [-0.2, -0.15) is 0 Å². The van der Waals surface area contributed by atoms with E-state index in [9.17, 15) is 4.79 Å². The normalized spacial score (nSPS) is 14.0. The first kappa shape index (κ1) is 12.8. The van der Waals surface area contributed by atoms with E-state index in [1.54, 1.807) is 0 Å². The Kier molecular flexibility index (Phi) is 3.00. The maximum atomic E-state index is 12.0. The highest BCUT2D eigenvalue weighted by Crippen LogP contribution is 2.39. The molecule has 1 aliphatic rings. The summed E-state index contributed by atoms with van der Waals surface area (Å²) in [6, 6.07) is 12.7. The maximum absolute atomic E-state index is 12.0. The molecule has 0 spiro atoms. The molecule has 0 saturated heterocycles. The van der Waals surface area contributed by atoms with Crippen molar-refractivity contribution in [2.45, 2.75) is 18.8 Å². The van der Waals surface area contributed by atoms with Crippen molar-refractivity contribution in [3.05, 3.63) is 54.5 Å². The predicted octanol–water partition coefficient (Wildman–Crippen LogP) is 3.25. The number of nitrogens with zero attached hydrogens (tertiary/aromatic N) is 3. The smallest absolute Gasteiger partial charge is 0.308 e. The molecule has 0 atom stereocenters. The van der Waals surface area contributed by atoms with E-state index in [2.05, 4.69) is 20.8 Å². The number of aromatic nitrogens is 3. The number of carbonyl (C=O) groups excluding carboxylic acids is 1. The number of urea groups is 1. The van der Waals surface area contributed by atoms with Crippen LogP contribution in [0.4, 0.5) is 16.2 Å². The van der Waals surface area contributed by atoms with Crippen LogP contribution >= 0.6 is 0 Å². The van der Waals surface area contributed by atoms with Crippen LogP contribution in [0.3, 0.4) is 0 Å². The SMILES string of the molecule is O=C(Nc1ccccc1)Nc1ccc2nnc(C3CC3)n2c1. The minimum atomic E-state index is -0.272. The first-order valence-electron chi connectivity index (χ1n) is 7.27. The highest BCUT2D eigenvalue weighted by atomic mass is 16.2. The quantitative estimate of drug-likeness (QED) is 0.778. The molecule has 2 heterocycles. The molecule has 22 heavy (non-hydrogen) atoms. The summed E-state index contributed by atoms with van der Waals surface area (Å²) in [5.41, 5.74) is 2.27. The van der Waals surface area contributed by atoms with Crippen LogP contribution in [0, 0.1) is 0 Å². The number of carbonyl (C=O) groups is 1. The van der Waals surface area contributed by atoms with Crippen LogP contribution in [-0.2, 0) is 0 Å². The Balaban J connectivity index is 1.53. The van der Waals surface area contributed by atoms with Crippen molar-refractivity contribution in [1.29, 1.82) is 0 Å². The average Bonchev–Trinajstić information content (AvgIpc) is 3.28. The molecular formula is C16H15N5O. The monoisotopic (exact) mass is 293 g/mol. The van der Waals surface area contributed by atoms with E-state index in [0.29, 0.717) is 11.6 Å². The summed E-state index contributed by atoms with van der Waals surface area (Å²) in [5.74, 6) is 1.48. The minimum absolute atomic E-state index is 0.272. The first-order valence-corrected chi connectivity index (χ1v) is 7.27. The predicted molar refractivity (Wildman–Crippen MR) is 84.0 cm³/mol. The minimum Gasteiger partial charge on any atom is -0.308 e. The van der Waals surface area contributed by atoms with Gasteiger partial charge in [0.05, 0.1) is 5.69 Å². The molecule has 3 aromatic rings. The Hall–Kier alpha value is -2.89. The van der Waals surface area contributed by atoms with E-state index in [4.69, 9.17) is 0 Å². The van der Waals surface area contributed by atoms with E-state index in [1.807, 2.05) is 53.1 Å². The number of fused-ring (bicyclic) bond motifs is 1. The van der Waals surface area contributed by atoms with Gasteiger partial charge in [0.25, 0.3) is 0 Å². The number of rotatable bonds is 3. The standard InChI is InChI=1S/C16H15N5O/c22-16(17-12-4-2-1-3-5-12)18-13-8-9-14-19-20-15(11-6-7-11)21(14)10-13/h1-5,8-11H,6-7H2,(H2,17,18,22). The van der Waals surface area contributed by atoms with Crippen LogP contribution in [0.15, 0.2) is 48.7 Å². The molecule has 6 heteroatoms. The summed E-state index contributed by atoms with van der Waals surface area (Å²) in [6.07, 6.45) is 4.19. The molecule has 0 bridgehead atoms. The highest BCUT2D eigenvalue weighted by molar-refractivity contribution is 5.99. The van der Waals surface area contributed by atoms with Gasteiger partial charge in [0.2, 0.25) is 0 Å². The van der Waals surface area contributed by atoms with Crippen LogP contribution < -0.4 is 10.6 Å². The van der Waals surface area contributed by atoms with Crippen LogP contribution in [0.25, 0.3) is 5.65 Å². The molecule has 110 valence electrons. The van der Waals surface area contributed by atoms with Crippen LogP contribution in [0.2, 0.25) is 0 Å². The maximum Gasteiger partial charge on any atom is 0.323 e. The van der Waals surface area contributed by atoms with E-state index < -0.39 is 0 Å². The zero-order valence-corrected chi connectivity index (χ0v) is 11.9. The summed E-state index contributed by atoms with van der Waals surface area (Å²) in [4.78, 5) is 12.0. The molecule has 2 N–H and O–H groups in total. The Morgan fingerprint density at radius 2 is 1.77 bits per heavy atom. The van der Waals surface area contributed by atoms with E-state index >= 15 is 0 Å². The molecule has 1 aromatic carbocycles. The van der Waals surface area contributed by atoms with Crippen LogP contribution in [0.1, 0.15) is 24.6 Å². The van der Waals surface area contributed by atoms with Crippen molar-refractivity contribution in [3.8, 4) is 0 Å². The van der Waals surface area contributed by atoms with Gasteiger partial charge in [0, 0.05) is 17.8 Å². The van der Waals surface area contributed by atoms with Crippen molar-refractivity contribution in [2.75, 3.05) is 10.6 Å². The Bertz CT molecular complexity index is 823. The third-order valence-electron chi connectivity index (χ3n) is 3.66. The molecule has 1 aliphatic carbocycles. The van der Waals surface area contributed by atoms with Gasteiger partial charge in [-0.1, -0.05) is 18.2 Å². The number of benzene rings is 1. The average molecular weight is 293 g/mol. The van der Waals surface area contributed by atoms with Gasteiger partial charge in [0.1, 0.15) is 5.82 Å². The largest absolute Gasteiger partial charge is 0.323 e. The summed E-state index contributed by atoms with van der Waals surface area (Å²) < 4.78 is 1.95. The fraction of sp³-hybridized carbons (Fsp3) is 0.188. The Morgan fingerprint density at radius 1 is 1.00 bits per heavy atom. The van der Waals surface area contributed by atoms with Crippen molar-refractivity contribution < 1.29 is 4.79 Å².